The Balaban J connectivity index is 2.30. The molecule has 2 N–H and O–H groups in total. The second-order valence-electron chi connectivity index (χ2n) is 5.00. The van der Waals surface area contributed by atoms with Crippen molar-refractivity contribution in [1.29, 1.82) is 0 Å². The van der Waals surface area contributed by atoms with Gasteiger partial charge < -0.3 is 15.2 Å². The third kappa shape index (κ3) is 3.57. The van der Waals surface area contributed by atoms with E-state index in [-0.39, 0.29) is 6.04 Å². The maximum absolute atomic E-state index is 6.37. The largest absolute Gasteiger partial charge is 0.495 e. The van der Waals surface area contributed by atoms with Crippen molar-refractivity contribution in [3.05, 3.63) is 57.6 Å². The van der Waals surface area contributed by atoms with Crippen LogP contribution in [0, 0.1) is 6.92 Å². The Hall–Kier alpha value is -1.52. The van der Waals surface area contributed by atoms with E-state index in [2.05, 4.69) is 47.1 Å². The highest BCUT2D eigenvalue weighted by Gasteiger charge is 2.18. The Bertz CT molecular complexity index is 628. The summed E-state index contributed by atoms with van der Waals surface area (Å²) in [6.45, 7) is 2.08. The summed E-state index contributed by atoms with van der Waals surface area (Å²) in [4.78, 5) is 0. The van der Waals surface area contributed by atoms with Crippen molar-refractivity contribution in [3.8, 4) is 11.5 Å². The summed E-state index contributed by atoms with van der Waals surface area (Å²) < 4.78 is 11.6. The van der Waals surface area contributed by atoms with Gasteiger partial charge in [-0.2, -0.15) is 0 Å². The summed E-state index contributed by atoms with van der Waals surface area (Å²) in [5, 5.41) is 0. The molecule has 2 rings (SSSR count). The van der Waals surface area contributed by atoms with E-state index in [1.807, 2.05) is 12.1 Å². The first-order valence-electron chi connectivity index (χ1n) is 6.78. The molecule has 0 heterocycles. The molecular formula is C17H20BrNO2. The lowest BCUT2D eigenvalue weighted by Gasteiger charge is -2.18. The molecule has 0 saturated heterocycles. The van der Waals surface area contributed by atoms with Gasteiger partial charge >= 0.3 is 0 Å². The van der Waals surface area contributed by atoms with Gasteiger partial charge in [0.2, 0.25) is 0 Å². The Morgan fingerprint density at radius 3 is 2.52 bits per heavy atom. The molecule has 0 fully saturated rings. The zero-order chi connectivity index (χ0) is 15.4. The molecule has 0 radical (unpaired) electrons. The summed E-state index contributed by atoms with van der Waals surface area (Å²) in [6, 6.07) is 12.1. The van der Waals surface area contributed by atoms with Crippen LogP contribution in [0.2, 0.25) is 0 Å². The van der Waals surface area contributed by atoms with Crippen molar-refractivity contribution in [2.45, 2.75) is 19.4 Å². The van der Waals surface area contributed by atoms with E-state index in [4.69, 9.17) is 15.2 Å². The quantitative estimate of drug-likeness (QED) is 0.886. The zero-order valence-corrected chi connectivity index (χ0v) is 14.1. The van der Waals surface area contributed by atoms with Crippen LogP contribution in [0.25, 0.3) is 0 Å². The highest BCUT2D eigenvalue weighted by molar-refractivity contribution is 9.10. The third-order valence-electron chi connectivity index (χ3n) is 3.45. The highest BCUT2D eigenvalue weighted by Crippen LogP contribution is 2.39. The second-order valence-corrected chi connectivity index (χ2v) is 5.80. The number of aryl methyl sites for hydroxylation is 1. The minimum Gasteiger partial charge on any atom is -0.495 e. The number of halogens is 1. The summed E-state index contributed by atoms with van der Waals surface area (Å²) >= 11 is 3.51. The smallest absolute Gasteiger partial charge is 0.141 e. The Labute approximate surface area is 134 Å². The molecule has 3 nitrogen and oxygen atoms in total. The molecule has 1 unspecified atom stereocenters. The standard InChI is InChI=1S/C17H20BrNO2/c1-11-5-4-6-12(9-11)10-14(19)13-7-8-15(20-2)16(18)17(13)21-3/h4-9,14H,10,19H2,1-3H3. The van der Waals surface area contributed by atoms with E-state index in [0.717, 1.165) is 28.0 Å². The second kappa shape index (κ2) is 6.96. The number of methoxy groups -OCH3 is 2. The summed E-state index contributed by atoms with van der Waals surface area (Å²) in [5.74, 6) is 1.47. The van der Waals surface area contributed by atoms with Crippen LogP contribution in [0.4, 0.5) is 0 Å². The first-order chi connectivity index (χ1) is 10.1. The predicted molar refractivity (Wildman–Crippen MR) is 89.1 cm³/mol. The first kappa shape index (κ1) is 15.9. The number of ether oxygens (including phenoxy) is 2. The van der Waals surface area contributed by atoms with Crippen LogP contribution in [0.3, 0.4) is 0 Å². The van der Waals surface area contributed by atoms with Crippen LogP contribution in [0.5, 0.6) is 11.5 Å². The minimum absolute atomic E-state index is 0.135. The minimum atomic E-state index is -0.135. The fourth-order valence-corrected chi connectivity index (χ4v) is 3.10. The van der Waals surface area contributed by atoms with Gasteiger partial charge in [0.05, 0.1) is 14.2 Å². The lowest BCUT2D eigenvalue weighted by molar-refractivity contribution is 0.383. The molecule has 0 saturated carbocycles. The molecule has 0 aliphatic rings. The van der Waals surface area contributed by atoms with Crippen molar-refractivity contribution in [2.24, 2.45) is 5.73 Å². The number of hydrogen-bond acceptors (Lipinski definition) is 3. The first-order valence-corrected chi connectivity index (χ1v) is 7.57. The SMILES string of the molecule is COc1ccc(C(N)Cc2cccc(C)c2)c(OC)c1Br. The molecule has 0 bridgehead atoms. The molecule has 2 aromatic carbocycles. The molecule has 0 aliphatic carbocycles. The summed E-state index contributed by atoms with van der Waals surface area (Å²) in [7, 11) is 3.27. The van der Waals surface area contributed by atoms with Crippen LogP contribution >= 0.6 is 15.9 Å². The fraction of sp³-hybridized carbons (Fsp3) is 0.294. The normalized spacial score (nSPS) is 12.0. The highest BCUT2D eigenvalue weighted by atomic mass is 79.9. The van der Waals surface area contributed by atoms with Crippen LogP contribution < -0.4 is 15.2 Å². The van der Waals surface area contributed by atoms with Gasteiger partial charge in [0, 0.05) is 11.6 Å². The Kier molecular flexibility index (Phi) is 5.26. The van der Waals surface area contributed by atoms with E-state index in [0.29, 0.717) is 0 Å². The van der Waals surface area contributed by atoms with Gasteiger partial charge in [0.1, 0.15) is 16.0 Å². The molecule has 0 aromatic heterocycles. The molecule has 0 amide bonds. The molecule has 21 heavy (non-hydrogen) atoms. The summed E-state index contributed by atoms with van der Waals surface area (Å²) in [5.41, 5.74) is 9.79. The van der Waals surface area contributed by atoms with E-state index in [9.17, 15) is 0 Å². The van der Waals surface area contributed by atoms with E-state index >= 15 is 0 Å². The van der Waals surface area contributed by atoms with Gasteiger partial charge in [-0.3, -0.25) is 0 Å². The van der Waals surface area contributed by atoms with E-state index in [1.165, 1.54) is 11.1 Å². The van der Waals surface area contributed by atoms with Crippen LogP contribution in [0.1, 0.15) is 22.7 Å². The van der Waals surface area contributed by atoms with E-state index < -0.39 is 0 Å². The molecule has 0 spiro atoms. The monoisotopic (exact) mass is 349 g/mol. The number of hydrogen-bond donors (Lipinski definition) is 1. The van der Waals surface area contributed by atoms with Crippen molar-refractivity contribution in [1.82, 2.24) is 0 Å². The molecule has 2 aromatic rings. The maximum atomic E-state index is 6.37. The number of rotatable bonds is 5. The van der Waals surface area contributed by atoms with Gasteiger partial charge in [-0.25, -0.2) is 0 Å². The Morgan fingerprint density at radius 2 is 1.90 bits per heavy atom. The van der Waals surface area contributed by atoms with Crippen molar-refractivity contribution < 1.29 is 9.47 Å². The number of nitrogens with two attached hydrogens (primary N) is 1. The van der Waals surface area contributed by atoms with Gasteiger partial charge in [-0.1, -0.05) is 29.8 Å². The lowest BCUT2D eigenvalue weighted by atomic mass is 9.98. The Morgan fingerprint density at radius 1 is 1.14 bits per heavy atom. The predicted octanol–water partition coefficient (Wildman–Crippen LogP) is 4.02. The average Bonchev–Trinajstić information content (AvgIpc) is 2.46. The summed E-state index contributed by atoms with van der Waals surface area (Å²) in [6.07, 6.45) is 0.761. The van der Waals surface area contributed by atoms with Crippen LogP contribution in [0.15, 0.2) is 40.9 Å². The molecule has 4 heteroatoms. The molecule has 1 atom stereocenters. The van der Waals surface area contributed by atoms with Crippen LogP contribution in [-0.2, 0) is 6.42 Å². The van der Waals surface area contributed by atoms with Gasteiger partial charge in [-0.05, 0) is 47.0 Å². The van der Waals surface area contributed by atoms with Crippen molar-refractivity contribution in [2.75, 3.05) is 14.2 Å². The van der Waals surface area contributed by atoms with Gasteiger partial charge in [-0.15, -0.1) is 0 Å². The van der Waals surface area contributed by atoms with E-state index in [1.54, 1.807) is 14.2 Å². The lowest BCUT2D eigenvalue weighted by Crippen LogP contribution is -2.15. The molecule has 112 valence electrons. The van der Waals surface area contributed by atoms with Gasteiger partial charge in [0.25, 0.3) is 0 Å². The fourth-order valence-electron chi connectivity index (χ4n) is 2.41. The maximum Gasteiger partial charge on any atom is 0.141 e. The van der Waals surface area contributed by atoms with Crippen molar-refractivity contribution in [3.63, 3.8) is 0 Å². The van der Waals surface area contributed by atoms with Crippen molar-refractivity contribution >= 4 is 15.9 Å². The zero-order valence-electron chi connectivity index (χ0n) is 12.5. The topological polar surface area (TPSA) is 44.5 Å². The van der Waals surface area contributed by atoms with Gasteiger partial charge in [0.15, 0.2) is 0 Å². The molecular weight excluding hydrogens is 330 g/mol. The average molecular weight is 350 g/mol. The number of benzene rings is 2. The third-order valence-corrected chi connectivity index (χ3v) is 4.20. The van der Waals surface area contributed by atoms with Crippen LogP contribution in [-0.4, -0.2) is 14.2 Å². The molecule has 0 aliphatic heterocycles.